The molecule has 3 saturated carbocycles. The number of carbonyl (C=O) groups excluding carboxylic acids is 3. The zero-order chi connectivity index (χ0) is 28.7. The molecule has 3 amide bonds. The van der Waals surface area contributed by atoms with Crippen molar-refractivity contribution in [3.63, 3.8) is 0 Å². The van der Waals surface area contributed by atoms with Crippen molar-refractivity contribution in [1.82, 2.24) is 14.7 Å². The highest BCUT2D eigenvalue weighted by atomic mass is 19.4. The fraction of sp³-hybridized carbons (Fsp3) is 0.875. The van der Waals surface area contributed by atoms with Crippen LogP contribution >= 0.6 is 0 Å². The Kier molecular flexibility index (Phi) is 6.76. The van der Waals surface area contributed by atoms with Gasteiger partial charge in [0.05, 0.1) is 23.7 Å². The molecule has 3 heterocycles. The third kappa shape index (κ3) is 4.70. The molecule has 2 bridgehead atoms. The Bertz CT molecular complexity index is 1040. The molecule has 1 unspecified atom stereocenters. The van der Waals surface area contributed by atoms with Crippen molar-refractivity contribution in [1.29, 1.82) is 0 Å². The van der Waals surface area contributed by atoms with Gasteiger partial charge in [0.2, 0.25) is 5.91 Å². The molecule has 6 fully saturated rings. The van der Waals surface area contributed by atoms with Gasteiger partial charge in [0, 0.05) is 19.6 Å². The maximum atomic E-state index is 13.4. The minimum atomic E-state index is -5.35. The second-order valence-electron chi connectivity index (χ2n) is 12.3. The van der Waals surface area contributed by atoms with E-state index in [0.717, 1.165) is 12.8 Å². The fourth-order valence-electron chi connectivity index (χ4n) is 7.57. The molecule has 0 aromatic carbocycles. The van der Waals surface area contributed by atoms with Crippen LogP contribution in [0.2, 0.25) is 0 Å². The third-order valence-electron chi connectivity index (χ3n) is 9.85. The summed E-state index contributed by atoms with van der Waals surface area (Å²) in [5.74, 6) is -5.08. The van der Waals surface area contributed by atoms with Crippen molar-refractivity contribution in [3.05, 3.63) is 0 Å². The van der Waals surface area contributed by atoms with E-state index in [0.29, 0.717) is 23.7 Å². The zero-order valence-corrected chi connectivity index (χ0v) is 22.0. The molecule has 6 rings (SSSR count). The van der Waals surface area contributed by atoms with E-state index in [1.54, 1.807) is 0 Å². The van der Waals surface area contributed by atoms with Crippen LogP contribution in [0.3, 0.4) is 0 Å². The van der Waals surface area contributed by atoms with Gasteiger partial charge in [-0.3, -0.25) is 14.4 Å². The highest BCUT2D eigenvalue weighted by Crippen LogP contribution is 2.66. The van der Waals surface area contributed by atoms with E-state index in [1.807, 2.05) is 6.92 Å². The van der Waals surface area contributed by atoms with E-state index in [-0.39, 0.29) is 35.3 Å². The topological polar surface area (TPSA) is 79.4 Å². The molecule has 0 aromatic rings. The van der Waals surface area contributed by atoms with Gasteiger partial charge in [-0.1, -0.05) is 13.8 Å². The first-order chi connectivity index (χ1) is 17.9. The minimum Gasteiger partial charge on any atom is -0.404 e. The van der Waals surface area contributed by atoms with Gasteiger partial charge in [-0.2, -0.15) is 26.3 Å². The summed E-state index contributed by atoms with van der Waals surface area (Å²) < 4.78 is 91.6. The Hall–Kier alpha value is -2.03. The van der Waals surface area contributed by atoms with Crippen LogP contribution in [0.1, 0.15) is 52.9 Å². The minimum absolute atomic E-state index is 0.0931. The molecular weight excluding hydrogens is 535 g/mol. The molecule has 39 heavy (non-hydrogen) atoms. The fourth-order valence-corrected chi connectivity index (χ4v) is 7.57. The summed E-state index contributed by atoms with van der Waals surface area (Å²) in [6, 6.07) is -1.38. The second kappa shape index (κ2) is 9.25. The van der Waals surface area contributed by atoms with Crippen LogP contribution in [-0.4, -0.2) is 102 Å². The number of rotatable bonds is 4. The van der Waals surface area contributed by atoms with Gasteiger partial charge in [0.25, 0.3) is 0 Å². The lowest BCUT2D eigenvalue weighted by molar-refractivity contribution is -0.199. The molecule has 6 atom stereocenters. The molecule has 3 aliphatic heterocycles. The molecular formula is C24H32BF6N3O5. The summed E-state index contributed by atoms with van der Waals surface area (Å²) in [5, 5.41) is 0. The number of nitrogens with zero attached hydrogens (tertiary/aromatic N) is 3. The van der Waals surface area contributed by atoms with Gasteiger partial charge in [0.15, 0.2) is 0 Å². The molecule has 0 aromatic heterocycles. The van der Waals surface area contributed by atoms with Crippen LogP contribution in [0.15, 0.2) is 0 Å². The SMILES string of the molecule is CC1(C)[C@@H]2CC3OB([C@@H]4CCCN4C(=O)CN(C(=O)C(F)(F)F)[C@@H]4CCN(C(=O)C(F)(F)F)C4)O[C@@]3(C)[C@H]1C2. The van der Waals surface area contributed by atoms with Gasteiger partial charge in [-0.25, -0.2) is 0 Å². The molecule has 0 radical (unpaired) electrons. The lowest BCUT2D eigenvalue weighted by Crippen LogP contribution is -2.65. The predicted octanol–water partition coefficient (Wildman–Crippen LogP) is 2.80. The monoisotopic (exact) mass is 567 g/mol. The zero-order valence-electron chi connectivity index (χ0n) is 22.0. The largest absolute Gasteiger partial charge is 0.481 e. The van der Waals surface area contributed by atoms with Crippen LogP contribution in [0.25, 0.3) is 0 Å². The smallest absolute Gasteiger partial charge is 0.404 e. The molecule has 8 nitrogen and oxygen atoms in total. The summed E-state index contributed by atoms with van der Waals surface area (Å²) in [5.41, 5.74) is -0.452. The number of alkyl halides is 6. The highest BCUT2D eigenvalue weighted by Gasteiger charge is 2.69. The number of carbonyl (C=O) groups is 3. The summed E-state index contributed by atoms with van der Waals surface area (Å²) in [4.78, 5) is 39.2. The summed E-state index contributed by atoms with van der Waals surface area (Å²) >= 11 is 0. The molecule has 3 saturated heterocycles. The van der Waals surface area contributed by atoms with Crippen LogP contribution in [0.5, 0.6) is 0 Å². The van der Waals surface area contributed by atoms with Gasteiger partial charge < -0.3 is 24.0 Å². The Balaban J connectivity index is 1.29. The number of halogens is 6. The van der Waals surface area contributed by atoms with Crippen molar-refractivity contribution in [3.8, 4) is 0 Å². The Morgan fingerprint density at radius 3 is 2.31 bits per heavy atom. The molecule has 218 valence electrons. The molecule has 3 aliphatic carbocycles. The first kappa shape index (κ1) is 28.5. The van der Waals surface area contributed by atoms with Crippen LogP contribution in [-0.2, 0) is 23.7 Å². The lowest BCUT2D eigenvalue weighted by atomic mass is 9.43. The summed E-state index contributed by atoms with van der Waals surface area (Å²) in [6.07, 6.45) is -8.11. The Morgan fingerprint density at radius 2 is 1.69 bits per heavy atom. The van der Waals surface area contributed by atoms with E-state index >= 15 is 0 Å². The number of hydrogen-bond donors (Lipinski definition) is 0. The van der Waals surface area contributed by atoms with Gasteiger partial charge in [0.1, 0.15) is 6.54 Å². The maximum Gasteiger partial charge on any atom is 0.481 e. The maximum absolute atomic E-state index is 13.4. The number of amides is 3. The average molecular weight is 567 g/mol. The Morgan fingerprint density at radius 1 is 1.00 bits per heavy atom. The summed E-state index contributed by atoms with van der Waals surface area (Å²) in [6.45, 7) is 4.44. The normalized spacial score (nSPS) is 35.6. The molecule has 6 aliphatic rings. The van der Waals surface area contributed by atoms with Crippen LogP contribution in [0, 0.1) is 17.3 Å². The first-order valence-electron chi connectivity index (χ1n) is 13.3. The van der Waals surface area contributed by atoms with Gasteiger partial charge in [-0.15, -0.1) is 0 Å². The van der Waals surface area contributed by atoms with Gasteiger partial charge in [-0.05, 0) is 56.3 Å². The van der Waals surface area contributed by atoms with Gasteiger partial charge >= 0.3 is 31.3 Å². The number of hydrogen-bond acceptors (Lipinski definition) is 5. The standard InChI is InChI=1S/C24H32BF6N3O5/c1-21(2)13-9-15(21)22(3)16(10-13)38-25(39-22)17-5-4-7-33(17)18(35)12-34(20(37)24(29,30)31)14-6-8-32(11-14)19(36)23(26,27)28/h13-17H,4-12H2,1-3H3/t13-,14+,15-,16?,17-,22-/m0/s1. The van der Waals surface area contributed by atoms with E-state index in [4.69, 9.17) is 9.31 Å². The van der Waals surface area contributed by atoms with E-state index in [1.165, 1.54) is 4.90 Å². The van der Waals surface area contributed by atoms with Crippen molar-refractivity contribution >= 4 is 24.8 Å². The number of likely N-dealkylation sites (tertiary alicyclic amines) is 2. The highest BCUT2D eigenvalue weighted by molar-refractivity contribution is 6.48. The average Bonchev–Trinajstić information content (AvgIpc) is 3.57. The van der Waals surface area contributed by atoms with Crippen molar-refractivity contribution in [2.24, 2.45) is 17.3 Å². The van der Waals surface area contributed by atoms with E-state index in [9.17, 15) is 40.7 Å². The van der Waals surface area contributed by atoms with Crippen LogP contribution in [0.4, 0.5) is 26.3 Å². The van der Waals surface area contributed by atoms with E-state index < -0.39 is 74.4 Å². The van der Waals surface area contributed by atoms with Crippen molar-refractivity contribution < 1.29 is 50.0 Å². The quantitative estimate of drug-likeness (QED) is 0.386. The second-order valence-corrected chi connectivity index (χ2v) is 12.3. The molecule has 0 N–H and O–H groups in total. The van der Waals surface area contributed by atoms with Crippen molar-refractivity contribution in [2.75, 3.05) is 26.2 Å². The third-order valence-corrected chi connectivity index (χ3v) is 9.85. The molecule has 15 heteroatoms. The summed E-state index contributed by atoms with van der Waals surface area (Å²) in [7, 11) is -0.764. The predicted molar refractivity (Wildman–Crippen MR) is 124 cm³/mol. The molecule has 0 spiro atoms. The van der Waals surface area contributed by atoms with E-state index in [2.05, 4.69) is 13.8 Å². The first-order valence-corrected chi connectivity index (χ1v) is 13.3. The lowest BCUT2D eigenvalue weighted by Gasteiger charge is -2.64. The Labute approximate surface area is 222 Å². The van der Waals surface area contributed by atoms with Crippen molar-refractivity contribution in [2.45, 2.75) is 88.9 Å². The van der Waals surface area contributed by atoms with Crippen LogP contribution < -0.4 is 0 Å².